The van der Waals surface area contributed by atoms with E-state index in [-0.39, 0.29) is 10.8 Å². The van der Waals surface area contributed by atoms with Gasteiger partial charge in [-0.2, -0.15) is 0 Å². The molecule has 0 saturated heterocycles. The van der Waals surface area contributed by atoms with Crippen LogP contribution >= 0.6 is 9.69 Å². The molecule has 0 radical (unpaired) electrons. The minimum absolute atomic E-state index is 0.149. The van der Waals surface area contributed by atoms with Crippen molar-refractivity contribution < 1.29 is 17.3 Å². The van der Waals surface area contributed by atoms with Crippen molar-refractivity contribution >= 4 is 37.0 Å². The molecule has 6 rings (SSSR count). The van der Waals surface area contributed by atoms with Crippen LogP contribution in [0.1, 0.15) is 56.4 Å². The van der Waals surface area contributed by atoms with Crippen LogP contribution in [0, 0.1) is 19.9 Å². The van der Waals surface area contributed by atoms with Gasteiger partial charge in [-0.05, 0) is 64.8 Å². The first-order valence-electron chi connectivity index (χ1n) is 11.8. The molecular formula is C30H29ClN2Zn. The minimum atomic E-state index is 0.149. The molecule has 0 atom stereocenters. The van der Waals surface area contributed by atoms with Crippen molar-refractivity contribution in [2.45, 2.75) is 58.8 Å². The molecule has 168 valence electrons. The van der Waals surface area contributed by atoms with E-state index in [0.717, 1.165) is 40.5 Å². The Morgan fingerprint density at radius 1 is 0.912 bits per heavy atom. The molecule has 34 heavy (non-hydrogen) atoms. The Bertz CT molecular complexity index is 1560. The van der Waals surface area contributed by atoms with Crippen molar-refractivity contribution in [1.29, 1.82) is 0 Å². The topological polar surface area (TPSA) is 17.3 Å². The average Bonchev–Trinajstić information content (AvgIpc) is 3.31. The van der Waals surface area contributed by atoms with Crippen LogP contribution in [0.3, 0.4) is 0 Å². The number of hydrogen-bond acceptors (Lipinski definition) is 1. The SMILES string of the molecule is Cc1cccc(C)c1-c1cnc2c3[c-]cccc3c3cc4c(cc3n12)C(C)(C)CC4(C)C.[Cl][Zn+]. The summed E-state index contributed by atoms with van der Waals surface area (Å²) in [6.45, 7) is 13.9. The van der Waals surface area contributed by atoms with Gasteiger partial charge in [0, 0.05) is 17.3 Å². The second-order valence-corrected chi connectivity index (χ2v) is 10.9. The molecule has 0 fully saturated rings. The van der Waals surface area contributed by atoms with Crippen LogP contribution < -0.4 is 0 Å². The van der Waals surface area contributed by atoms with E-state index >= 15 is 0 Å². The van der Waals surface area contributed by atoms with E-state index in [0.29, 0.717) is 0 Å². The predicted molar refractivity (Wildman–Crippen MR) is 140 cm³/mol. The molecule has 0 unspecified atom stereocenters. The predicted octanol–water partition coefficient (Wildman–Crippen LogP) is 8.37. The van der Waals surface area contributed by atoms with E-state index in [9.17, 15) is 0 Å². The Morgan fingerprint density at radius 3 is 2.24 bits per heavy atom. The maximum absolute atomic E-state index is 4.95. The van der Waals surface area contributed by atoms with Crippen LogP contribution in [0.25, 0.3) is 38.6 Å². The molecule has 1 aliphatic carbocycles. The summed E-state index contributed by atoms with van der Waals surface area (Å²) in [6.07, 6.45) is 3.21. The van der Waals surface area contributed by atoms with Crippen molar-refractivity contribution in [3.8, 4) is 11.3 Å². The van der Waals surface area contributed by atoms with Crippen LogP contribution in [-0.2, 0) is 28.1 Å². The van der Waals surface area contributed by atoms with Gasteiger partial charge in [-0.1, -0.05) is 57.3 Å². The van der Waals surface area contributed by atoms with Crippen LogP contribution in [0.15, 0.2) is 54.7 Å². The number of hydrogen-bond donors (Lipinski definition) is 0. The Kier molecular flexibility index (Phi) is 5.66. The second-order valence-electron chi connectivity index (χ2n) is 10.9. The first kappa shape index (κ1) is 23.5. The second kappa shape index (κ2) is 8.18. The third kappa shape index (κ3) is 3.35. The van der Waals surface area contributed by atoms with Gasteiger partial charge in [-0.15, -0.1) is 29.7 Å². The molecular weight excluding hydrogens is 489 g/mol. The van der Waals surface area contributed by atoms with Gasteiger partial charge in [-0.25, -0.2) is 0 Å². The van der Waals surface area contributed by atoms with E-state index in [1.54, 1.807) is 0 Å². The molecule has 0 spiro atoms. The number of pyridine rings is 1. The molecule has 0 bridgehead atoms. The van der Waals surface area contributed by atoms with Crippen molar-refractivity contribution in [3.63, 3.8) is 0 Å². The number of fused-ring (bicyclic) bond motifs is 7. The van der Waals surface area contributed by atoms with Gasteiger partial charge in [0.15, 0.2) is 0 Å². The Labute approximate surface area is 216 Å². The monoisotopic (exact) mass is 516 g/mol. The Morgan fingerprint density at radius 2 is 1.56 bits per heavy atom. The quantitative estimate of drug-likeness (QED) is 0.124. The summed E-state index contributed by atoms with van der Waals surface area (Å²) in [6, 6.07) is 21.3. The van der Waals surface area contributed by atoms with Crippen LogP contribution in [0.4, 0.5) is 0 Å². The van der Waals surface area contributed by atoms with Gasteiger partial charge in [0.25, 0.3) is 0 Å². The molecule has 5 aromatic rings. The summed E-state index contributed by atoms with van der Waals surface area (Å²) in [5, 5.41) is 3.61. The molecule has 1 aliphatic rings. The van der Waals surface area contributed by atoms with E-state index in [2.05, 4.69) is 94.5 Å². The van der Waals surface area contributed by atoms with Crippen LogP contribution in [0.5, 0.6) is 0 Å². The van der Waals surface area contributed by atoms with E-state index in [1.807, 2.05) is 12.3 Å². The van der Waals surface area contributed by atoms with Crippen molar-refractivity contribution in [3.05, 3.63) is 83.0 Å². The summed E-state index contributed by atoms with van der Waals surface area (Å²) in [7, 11) is 4.76. The standard InChI is InChI=1S/C30H29N2.ClH.Zn/c1-18-10-9-11-19(2)27(18)26-16-31-28-21-13-8-7-12-20(21)22-14-23-24(15-25(22)32(26)28)30(5,6)17-29(23,3)4;;/h7-12,14-16H,17H2,1-6H3;1H;/q-1;;+2/p-1. The first-order valence-corrected chi connectivity index (χ1v) is 15.7. The summed E-state index contributed by atoms with van der Waals surface area (Å²) < 4.78 is 2.38. The summed E-state index contributed by atoms with van der Waals surface area (Å²) >= 11 is 0.847. The molecule has 2 heterocycles. The summed E-state index contributed by atoms with van der Waals surface area (Å²) in [5.41, 5.74) is 10.5. The fraction of sp³-hybridized carbons (Fsp3) is 0.300. The summed E-state index contributed by atoms with van der Waals surface area (Å²) in [4.78, 5) is 4.95. The fourth-order valence-electron chi connectivity index (χ4n) is 6.42. The molecule has 4 heteroatoms. The number of rotatable bonds is 1. The van der Waals surface area contributed by atoms with Gasteiger partial charge < -0.3 is 4.40 Å². The van der Waals surface area contributed by atoms with E-state index in [1.165, 1.54) is 44.1 Å². The van der Waals surface area contributed by atoms with Gasteiger partial charge in [0.1, 0.15) is 0 Å². The van der Waals surface area contributed by atoms with E-state index in [4.69, 9.17) is 14.7 Å². The molecule has 3 aromatic carbocycles. The van der Waals surface area contributed by atoms with Crippen LogP contribution in [0.2, 0.25) is 0 Å². The van der Waals surface area contributed by atoms with E-state index < -0.39 is 0 Å². The normalized spacial score (nSPS) is 16.0. The van der Waals surface area contributed by atoms with Gasteiger partial charge in [-0.3, -0.25) is 4.98 Å². The van der Waals surface area contributed by atoms with Crippen molar-refractivity contribution in [2.75, 3.05) is 0 Å². The molecule has 2 nitrogen and oxygen atoms in total. The number of halogens is 1. The van der Waals surface area contributed by atoms with Gasteiger partial charge in [0.2, 0.25) is 0 Å². The van der Waals surface area contributed by atoms with Gasteiger partial charge >= 0.3 is 27.0 Å². The number of aryl methyl sites for hydroxylation is 2. The third-order valence-electron chi connectivity index (χ3n) is 7.59. The maximum atomic E-state index is 4.95. The number of benzene rings is 3. The molecule has 2 aromatic heterocycles. The molecule has 0 saturated carbocycles. The number of imidazole rings is 1. The Hall–Kier alpha value is -2.22. The Balaban J connectivity index is 0.00000117. The third-order valence-corrected chi connectivity index (χ3v) is 7.59. The summed E-state index contributed by atoms with van der Waals surface area (Å²) in [5.74, 6) is 0. The van der Waals surface area contributed by atoms with Crippen molar-refractivity contribution in [2.24, 2.45) is 0 Å². The zero-order chi connectivity index (χ0) is 24.4. The van der Waals surface area contributed by atoms with Crippen molar-refractivity contribution in [1.82, 2.24) is 9.38 Å². The average molecular weight is 518 g/mol. The number of nitrogens with zero attached hydrogens (tertiary/aromatic N) is 2. The zero-order valence-electron chi connectivity index (χ0n) is 20.9. The fourth-order valence-corrected chi connectivity index (χ4v) is 6.42. The molecule has 0 N–H and O–H groups in total. The molecule has 0 aliphatic heterocycles. The first-order chi connectivity index (χ1) is 16.2. The van der Waals surface area contributed by atoms with Gasteiger partial charge in [0.05, 0.1) is 11.3 Å². The van der Waals surface area contributed by atoms with Crippen LogP contribution in [-0.4, -0.2) is 9.38 Å². The zero-order valence-corrected chi connectivity index (χ0v) is 24.6. The molecule has 0 amide bonds. The number of aromatic nitrogens is 2.